The molecule has 0 bridgehead atoms. The summed E-state index contributed by atoms with van der Waals surface area (Å²) < 4.78 is 1.19. The molecule has 2 atom stereocenters. The average Bonchev–Trinajstić information content (AvgIpc) is 3.22. The van der Waals surface area contributed by atoms with E-state index >= 15 is 0 Å². The number of fused-ring (bicyclic) bond motifs is 1. The third kappa shape index (κ3) is 4.69. The molecule has 2 unspecified atom stereocenters. The first-order valence-corrected chi connectivity index (χ1v) is 9.70. The van der Waals surface area contributed by atoms with E-state index in [1.807, 2.05) is 24.3 Å². The van der Waals surface area contributed by atoms with Gasteiger partial charge in [0.05, 0.1) is 0 Å². The Labute approximate surface area is 152 Å². The van der Waals surface area contributed by atoms with Gasteiger partial charge < -0.3 is 5.32 Å². The molecule has 3 heteroatoms. The van der Waals surface area contributed by atoms with Gasteiger partial charge in [-0.05, 0) is 97.2 Å². The molecule has 3 rings (SSSR count). The van der Waals surface area contributed by atoms with Crippen molar-refractivity contribution in [1.82, 2.24) is 0 Å². The molecule has 122 valence electrons. The molecule has 23 heavy (non-hydrogen) atoms. The predicted molar refractivity (Wildman–Crippen MR) is 104 cm³/mol. The fraction of sp³-hybridized carbons (Fsp3) is 0.450. The number of nitrogens with one attached hydrogen (secondary N) is 1. The van der Waals surface area contributed by atoms with Gasteiger partial charge in [-0.15, -0.1) is 0 Å². The largest absolute Gasteiger partial charge is 0.326 e. The van der Waals surface area contributed by atoms with Gasteiger partial charge in [0.25, 0.3) is 0 Å². The van der Waals surface area contributed by atoms with Crippen LogP contribution in [0.25, 0.3) is 0 Å². The minimum absolute atomic E-state index is 0.205. The van der Waals surface area contributed by atoms with Crippen LogP contribution in [0.15, 0.2) is 48.6 Å². The van der Waals surface area contributed by atoms with Crippen LogP contribution < -0.4 is 5.32 Å². The molecule has 2 nitrogen and oxygen atoms in total. The van der Waals surface area contributed by atoms with Crippen molar-refractivity contribution in [1.29, 1.82) is 0 Å². The lowest BCUT2D eigenvalue weighted by molar-refractivity contribution is -0.117. The molecule has 1 amide bonds. The van der Waals surface area contributed by atoms with Gasteiger partial charge in [-0.25, -0.2) is 0 Å². The highest BCUT2D eigenvalue weighted by Gasteiger charge is 2.52. The predicted octanol–water partition coefficient (Wildman–Crippen LogP) is 5.56. The van der Waals surface area contributed by atoms with Gasteiger partial charge >= 0.3 is 0 Å². The van der Waals surface area contributed by atoms with Gasteiger partial charge in [0.2, 0.25) is 5.91 Å². The van der Waals surface area contributed by atoms with E-state index in [1.54, 1.807) is 0 Å². The lowest BCUT2D eigenvalue weighted by Gasteiger charge is -2.05. The van der Waals surface area contributed by atoms with Crippen LogP contribution >= 0.6 is 22.6 Å². The summed E-state index contributed by atoms with van der Waals surface area (Å²) in [4.78, 5) is 12.6. The van der Waals surface area contributed by atoms with Crippen molar-refractivity contribution in [2.75, 3.05) is 5.32 Å². The van der Waals surface area contributed by atoms with Crippen molar-refractivity contribution >= 4 is 34.2 Å². The summed E-state index contributed by atoms with van der Waals surface area (Å²) >= 11 is 2.28. The maximum Gasteiger partial charge on any atom is 0.228 e. The Morgan fingerprint density at radius 2 is 1.39 bits per heavy atom. The molecule has 0 saturated heterocycles. The van der Waals surface area contributed by atoms with Crippen molar-refractivity contribution in [3.8, 4) is 0 Å². The number of anilines is 1. The van der Waals surface area contributed by atoms with Crippen molar-refractivity contribution < 1.29 is 4.79 Å². The first-order valence-electron chi connectivity index (χ1n) is 8.62. The fourth-order valence-corrected chi connectivity index (χ4v) is 3.98. The molecule has 1 N–H and O–H groups in total. The summed E-state index contributed by atoms with van der Waals surface area (Å²) in [5.74, 6) is 1.55. The van der Waals surface area contributed by atoms with Crippen molar-refractivity contribution in [2.24, 2.45) is 17.8 Å². The normalized spacial score (nSPS) is 27.4. The van der Waals surface area contributed by atoms with E-state index < -0.39 is 0 Å². The Morgan fingerprint density at radius 3 is 1.96 bits per heavy atom. The zero-order valence-electron chi connectivity index (χ0n) is 13.4. The van der Waals surface area contributed by atoms with Crippen LogP contribution in [0.2, 0.25) is 0 Å². The smallest absolute Gasteiger partial charge is 0.228 e. The van der Waals surface area contributed by atoms with Crippen LogP contribution in [0.1, 0.15) is 38.5 Å². The maximum absolute atomic E-state index is 12.6. The van der Waals surface area contributed by atoms with E-state index in [9.17, 15) is 4.79 Å². The summed E-state index contributed by atoms with van der Waals surface area (Å²) in [6.45, 7) is 0. The Kier molecular flexibility index (Phi) is 5.92. The van der Waals surface area contributed by atoms with Gasteiger partial charge in [0.1, 0.15) is 0 Å². The zero-order valence-corrected chi connectivity index (χ0v) is 15.5. The van der Waals surface area contributed by atoms with E-state index in [0.717, 1.165) is 44.2 Å². The Morgan fingerprint density at radius 1 is 0.870 bits per heavy atom. The lowest BCUT2D eigenvalue weighted by atomic mass is 10.1. The number of amides is 1. The van der Waals surface area contributed by atoms with E-state index in [1.165, 1.54) is 3.57 Å². The molecule has 0 radical (unpaired) electrons. The molecule has 0 spiro atoms. The second kappa shape index (κ2) is 8.13. The molecule has 0 aromatic heterocycles. The van der Waals surface area contributed by atoms with E-state index in [4.69, 9.17) is 0 Å². The minimum atomic E-state index is 0.205. The molecular formula is C20H24INO. The summed E-state index contributed by atoms with van der Waals surface area (Å²) in [7, 11) is 0. The van der Waals surface area contributed by atoms with Crippen molar-refractivity contribution in [3.05, 3.63) is 52.1 Å². The molecule has 2 aliphatic carbocycles. The molecular weight excluding hydrogens is 397 g/mol. The fourth-order valence-electron chi connectivity index (χ4n) is 3.62. The average molecular weight is 421 g/mol. The standard InChI is InChI=1S/C20H24INO/c21-15-11-13-16(14-12-15)22-20(23)19-17-9-7-5-3-1-2-4-6-8-10-18(17)19/h3-6,11-14,17-19H,1-2,7-10H2,(H,22,23). The van der Waals surface area contributed by atoms with Gasteiger partial charge in [-0.1, -0.05) is 24.3 Å². The van der Waals surface area contributed by atoms with Crippen molar-refractivity contribution in [3.63, 3.8) is 0 Å². The van der Waals surface area contributed by atoms with Gasteiger partial charge in [-0.2, -0.15) is 0 Å². The number of rotatable bonds is 2. The van der Waals surface area contributed by atoms with Crippen LogP contribution in [0.5, 0.6) is 0 Å². The van der Waals surface area contributed by atoms with Crippen LogP contribution in [0.4, 0.5) is 5.69 Å². The quantitative estimate of drug-likeness (QED) is 0.492. The first-order chi connectivity index (χ1) is 11.3. The molecule has 1 aromatic rings. The van der Waals surface area contributed by atoms with E-state index in [2.05, 4.69) is 52.2 Å². The molecule has 0 aliphatic heterocycles. The van der Waals surface area contributed by atoms with E-state index in [-0.39, 0.29) is 11.8 Å². The summed E-state index contributed by atoms with van der Waals surface area (Å²) in [5.41, 5.74) is 0.914. The van der Waals surface area contributed by atoms with Gasteiger partial charge in [-0.3, -0.25) is 4.79 Å². The lowest BCUT2D eigenvalue weighted by Crippen LogP contribution is -2.15. The second-order valence-electron chi connectivity index (χ2n) is 6.52. The Bertz CT molecular complexity index is 566. The highest BCUT2D eigenvalue weighted by Crippen LogP contribution is 2.52. The van der Waals surface area contributed by atoms with Crippen LogP contribution in [0, 0.1) is 21.3 Å². The summed E-state index contributed by atoms with van der Waals surface area (Å²) in [6, 6.07) is 8.03. The number of hydrogen-bond acceptors (Lipinski definition) is 1. The molecule has 2 aliphatic rings. The van der Waals surface area contributed by atoms with Crippen LogP contribution in [0.3, 0.4) is 0 Å². The Hall–Kier alpha value is -1.10. The SMILES string of the molecule is O=C(Nc1ccc(I)cc1)C1C2CCC=CCCC=CCCC21. The highest BCUT2D eigenvalue weighted by molar-refractivity contribution is 14.1. The number of carbonyl (C=O) groups excluding carboxylic acids is 1. The molecule has 1 saturated carbocycles. The third-order valence-electron chi connectivity index (χ3n) is 4.91. The minimum Gasteiger partial charge on any atom is -0.326 e. The topological polar surface area (TPSA) is 29.1 Å². The summed E-state index contributed by atoms with van der Waals surface area (Å²) in [5, 5.41) is 3.11. The zero-order chi connectivity index (χ0) is 16.1. The molecule has 1 fully saturated rings. The monoisotopic (exact) mass is 421 g/mol. The number of hydrogen-bond donors (Lipinski definition) is 1. The number of benzene rings is 1. The maximum atomic E-state index is 12.6. The number of allylic oxidation sites excluding steroid dienone is 4. The number of halogens is 1. The van der Waals surface area contributed by atoms with Crippen LogP contribution in [-0.4, -0.2) is 5.91 Å². The third-order valence-corrected chi connectivity index (χ3v) is 5.63. The number of carbonyl (C=O) groups is 1. The van der Waals surface area contributed by atoms with Gasteiger partial charge in [0.15, 0.2) is 0 Å². The molecule has 1 aromatic carbocycles. The first kappa shape index (κ1) is 16.7. The highest BCUT2D eigenvalue weighted by atomic mass is 127. The Balaban J connectivity index is 1.60. The second-order valence-corrected chi connectivity index (χ2v) is 7.77. The molecule has 0 heterocycles. The van der Waals surface area contributed by atoms with Crippen LogP contribution in [-0.2, 0) is 4.79 Å². The van der Waals surface area contributed by atoms with Crippen molar-refractivity contribution in [2.45, 2.75) is 38.5 Å². The van der Waals surface area contributed by atoms with Gasteiger partial charge in [0, 0.05) is 15.2 Å². The summed E-state index contributed by atoms with van der Waals surface area (Å²) in [6.07, 6.45) is 15.9. The van der Waals surface area contributed by atoms with E-state index in [0.29, 0.717) is 11.8 Å².